The molecule has 0 heterocycles. The maximum Gasteiger partial charge on any atom is 0.171 e. The molecule has 0 nitrogen and oxygen atoms in total. The molecule has 0 aliphatic rings. The first-order valence-corrected chi connectivity index (χ1v) is 5.54. The van der Waals surface area contributed by atoms with E-state index in [0.717, 1.165) is 23.5 Å². The number of hydrogen-bond acceptors (Lipinski definition) is 0. The molecule has 0 aromatic rings. The molecule has 0 amide bonds. The minimum absolute atomic E-state index is 0.667. The van der Waals surface area contributed by atoms with Gasteiger partial charge in [0.1, 0.15) is 0 Å². The minimum atomic E-state index is 0.667. The van der Waals surface area contributed by atoms with Gasteiger partial charge in [0.05, 0.1) is 0 Å². The van der Waals surface area contributed by atoms with Crippen molar-refractivity contribution in [1.82, 2.24) is 0 Å². The monoisotopic (exact) mass is 180 g/mol. The highest BCUT2D eigenvalue weighted by atomic mass is 14.1. The van der Waals surface area contributed by atoms with Crippen LogP contribution < -0.4 is 0 Å². The third-order valence-corrected chi connectivity index (χ3v) is 3.59. The molecule has 0 spiro atoms. The molecule has 0 radical (unpaired) electrons. The summed E-state index contributed by atoms with van der Waals surface area (Å²) in [6.45, 7) is 18.5. The second kappa shape index (κ2) is 5.52. The minimum Gasteiger partial charge on any atom is -0.122 e. The van der Waals surface area contributed by atoms with E-state index in [1.165, 1.54) is 0 Å². The maximum atomic E-state index is 3.97. The van der Waals surface area contributed by atoms with Crippen molar-refractivity contribution in [3.8, 4) is 0 Å². The van der Waals surface area contributed by atoms with Crippen LogP contribution in [0.15, 0.2) is 12.6 Å². The largest absolute Gasteiger partial charge is 0.171 e. The van der Waals surface area contributed by atoms with E-state index >= 15 is 0 Å². The van der Waals surface area contributed by atoms with Crippen LogP contribution in [0.3, 0.4) is 0 Å². The van der Waals surface area contributed by atoms with Gasteiger partial charge in [-0.15, -0.1) is 12.6 Å². The Morgan fingerprint density at radius 2 is 1.15 bits per heavy atom. The summed E-state index contributed by atoms with van der Waals surface area (Å²) < 4.78 is 0. The molecule has 0 aromatic heterocycles. The average Bonchev–Trinajstić information content (AvgIpc) is 2.04. The molecule has 2 atom stereocenters. The van der Waals surface area contributed by atoms with Gasteiger partial charge >= 0.3 is 0 Å². The zero-order valence-corrected chi connectivity index (χ0v) is 10.2. The lowest BCUT2D eigenvalue weighted by Crippen LogP contribution is -2.27. The predicted molar refractivity (Wildman–Crippen MR) is 64.5 cm³/mol. The lowest BCUT2D eigenvalue weighted by atomic mass is 9.31. The van der Waals surface area contributed by atoms with Crippen molar-refractivity contribution in [2.75, 3.05) is 0 Å². The zero-order chi connectivity index (χ0) is 10.6. The summed E-state index contributed by atoms with van der Waals surface area (Å²) in [6.07, 6.45) is 0. The SMILES string of the molecule is C=CB(C(C)C(C)C)C(C)C(C)C. The van der Waals surface area contributed by atoms with E-state index < -0.39 is 0 Å². The summed E-state index contributed by atoms with van der Waals surface area (Å²) in [4.78, 5) is 0. The van der Waals surface area contributed by atoms with Crippen LogP contribution in [0.4, 0.5) is 0 Å². The van der Waals surface area contributed by atoms with Gasteiger partial charge in [0, 0.05) is 0 Å². The second-order valence-electron chi connectivity index (χ2n) is 5.02. The molecule has 76 valence electrons. The van der Waals surface area contributed by atoms with Gasteiger partial charge in [0.25, 0.3) is 0 Å². The van der Waals surface area contributed by atoms with Gasteiger partial charge in [-0.25, -0.2) is 0 Å². The normalized spacial score (nSPS) is 16.0. The van der Waals surface area contributed by atoms with Gasteiger partial charge in [-0.1, -0.05) is 65.0 Å². The van der Waals surface area contributed by atoms with Crippen molar-refractivity contribution in [3.05, 3.63) is 12.6 Å². The molecule has 0 aliphatic heterocycles. The van der Waals surface area contributed by atoms with Gasteiger partial charge < -0.3 is 0 Å². The third-order valence-electron chi connectivity index (χ3n) is 3.59. The maximum absolute atomic E-state index is 3.97. The fourth-order valence-electron chi connectivity index (χ4n) is 1.80. The molecule has 0 fully saturated rings. The molecular formula is C12H25B. The third kappa shape index (κ3) is 3.58. The van der Waals surface area contributed by atoms with Gasteiger partial charge in [0.15, 0.2) is 6.71 Å². The van der Waals surface area contributed by atoms with Crippen LogP contribution in [0, 0.1) is 11.8 Å². The Balaban J connectivity index is 4.40. The number of rotatable bonds is 5. The van der Waals surface area contributed by atoms with E-state index in [4.69, 9.17) is 0 Å². The Morgan fingerprint density at radius 3 is 1.31 bits per heavy atom. The standard InChI is InChI=1S/C12H25B/c1-8-13(11(6)9(2)3)12(7)10(4)5/h8-12H,1H2,2-7H3. The summed E-state index contributed by atoms with van der Waals surface area (Å²) in [6, 6.07) is 0. The lowest BCUT2D eigenvalue weighted by Gasteiger charge is -2.29. The fraction of sp³-hybridized carbons (Fsp3) is 0.833. The smallest absolute Gasteiger partial charge is 0.122 e. The summed E-state index contributed by atoms with van der Waals surface area (Å²) in [5.41, 5.74) is 0. The molecule has 1 heteroatoms. The first kappa shape index (κ1) is 12.8. The lowest BCUT2D eigenvalue weighted by molar-refractivity contribution is 0.567. The van der Waals surface area contributed by atoms with E-state index in [1.54, 1.807) is 0 Å². The molecule has 0 N–H and O–H groups in total. The highest BCUT2D eigenvalue weighted by Gasteiger charge is 2.28. The molecule has 0 saturated heterocycles. The molecule has 0 saturated carbocycles. The molecule has 0 bridgehead atoms. The molecular weight excluding hydrogens is 155 g/mol. The Labute approximate surface area is 84.9 Å². The van der Waals surface area contributed by atoms with Crippen LogP contribution in [0.1, 0.15) is 41.5 Å². The van der Waals surface area contributed by atoms with E-state index in [9.17, 15) is 0 Å². The van der Waals surface area contributed by atoms with Gasteiger partial charge in [-0.2, -0.15) is 0 Å². The van der Waals surface area contributed by atoms with E-state index in [-0.39, 0.29) is 0 Å². The Morgan fingerprint density at radius 1 is 0.846 bits per heavy atom. The second-order valence-corrected chi connectivity index (χ2v) is 5.02. The first-order chi connectivity index (χ1) is 5.91. The number of hydrogen-bond donors (Lipinski definition) is 0. The Hall–Kier alpha value is -0.195. The highest BCUT2D eigenvalue weighted by molar-refractivity contribution is 6.67. The van der Waals surface area contributed by atoms with Crippen LogP contribution in [0.5, 0.6) is 0 Å². The van der Waals surface area contributed by atoms with Crippen molar-refractivity contribution < 1.29 is 0 Å². The van der Waals surface area contributed by atoms with E-state index in [2.05, 4.69) is 54.1 Å². The van der Waals surface area contributed by atoms with Crippen LogP contribution in [0.25, 0.3) is 0 Å². The highest BCUT2D eigenvalue weighted by Crippen LogP contribution is 2.32. The van der Waals surface area contributed by atoms with Gasteiger partial charge in [-0.05, 0) is 0 Å². The van der Waals surface area contributed by atoms with Crippen LogP contribution in [-0.4, -0.2) is 6.71 Å². The van der Waals surface area contributed by atoms with Crippen molar-refractivity contribution in [1.29, 1.82) is 0 Å². The van der Waals surface area contributed by atoms with Gasteiger partial charge in [0.2, 0.25) is 0 Å². The van der Waals surface area contributed by atoms with Crippen molar-refractivity contribution in [3.63, 3.8) is 0 Å². The first-order valence-electron chi connectivity index (χ1n) is 5.54. The van der Waals surface area contributed by atoms with Crippen LogP contribution in [-0.2, 0) is 0 Å². The molecule has 13 heavy (non-hydrogen) atoms. The van der Waals surface area contributed by atoms with E-state index in [1.807, 2.05) is 0 Å². The van der Waals surface area contributed by atoms with Gasteiger partial charge in [-0.3, -0.25) is 0 Å². The van der Waals surface area contributed by atoms with E-state index in [0.29, 0.717) is 6.71 Å². The van der Waals surface area contributed by atoms with Crippen molar-refractivity contribution in [2.45, 2.75) is 53.2 Å². The predicted octanol–water partition coefficient (Wildman–Crippen LogP) is 4.30. The quantitative estimate of drug-likeness (QED) is 0.553. The zero-order valence-electron chi connectivity index (χ0n) is 10.2. The molecule has 0 aromatic carbocycles. The summed E-state index contributed by atoms with van der Waals surface area (Å²) in [7, 11) is 0. The van der Waals surface area contributed by atoms with Crippen molar-refractivity contribution in [2.24, 2.45) is 11.8 Å². The summed E-state index contributed by atoms with van der Waals surface area (Å²) in [5, 5.41) is 0. The van der Waals surface area contributed by atoms with Crippen LogP contribution >= 0.6 is 0 Å². The molecule has 0 aliphatic carbocycles. The average molecular weight is 180 g/mol. The summed E-state index contributed by atoms with van der Waals surface area (Å²) >= 11 is 0. The summed E-state index contributed by atoms with van der Waals surface area (Å²) in [5.74, 6) is 5.15. The topological polar surface area (TPSA) is 0 Å². The fourth-order valence-corrected chi connectivity index (χ4v) is 1.80. The molecule has 2 unspecified atom stereocenters. The molecule has 0 rings (SSSR count). The van der Waals surface area contributed by atoms with Crippen LogP contribution in [0.2, 0.25) is 11.6 Å². The Bertz CT molecular complexity index is 135. The van der Waals surface area contributed by atoms with Crippen molar-refractivity contribution >= 4 is 6.71 Å². The Kier molecular flexibility index (Phi) is 5.43.